The molecule has 0 aliphatic rings. The summed E-state index contributed by atoms with van der Waals surface area (Å²) in [6.45, 7) is 2.36. The first-order valence-corrected chi connectivity index (χ1v) is 8.84. The molecule has 0 bridgehead atoms. The predicted octanol–water partition coefficient (Wildman–Crippen LogP) is 4.16. The lowest BCUT2D eigenvalue weighted by molar-refractivity contribution is 0.0789. The van der Waals surface area contributed by atoms with Gasteiger partial charge in [-0.25, -0.2) is 4.98 Å². The van der Waals surface area contributed by atoms with Crippen molar-refractivity contribution < 1.29 is 9.90 Å². The number of aryl methyl sites for hydroxylation is 1. The van der Waals surface area contributed by atoms with Crippen LogP contribution in [0.1, 0.15) is 20.9 Å². The fraction of sp³-hybridized carbons (Fsp3) is 0.176. The van der Waals surface area contributed by atoms with Gasteiger partial charge in [0.15, 0.2) is 0 Å². The highest BCUT2D eigenvalue weighted by atomic mass is 32.1. The Hall–Kier alpha value is -2.18. The van der Waals surface area contributed by atoms with Crippen molar-refractivity contribution in [1.29, 1.82) is 0 Å². The number of thiazole rings is 1. The number of carbonyl (C=O) groups is 1. The fourth-order valence-electron chi connectivity index (χ4n) is 2.22. The second kappa shape index (κ2) is 6.52. The highest BCUT2D eigenvalue weighted by molar-refractivity contribution is 7.17. The van der Waals surface area contributed by atoms with E-state index >= 15 is 0 Å². The lowest BCUT2D eigenvalue weighted by atomic mass is 10.2. The third-order valence-electron chi connectivity index (χ3n) is 3.46. The van der Waals surface area contributed by atoms with E-state index in [1.54, 1.807) is 35.4 Å². The standard InChI is InChI=1S/C17H16N2O2S2/c1-11-15(23-16(18-11)13-7-8-22-10-13)17(21)19(2)9-12-3-5-14(20)6-4-12/h3-8,10,20H,9H2,1-2H3. The average Bonchev–Trinajstić information content (AvgIpc) is 3.18. The van der Waals surface area contributed by atoms with Crippen molar-refractivity contribution in [2.45, 2.75) is 13.5 Å². The molecule has 3 rings (SSSR count). The van der Waals surface area contributed by atoms with Crippen molar-refractivity contribution >= 4 is 28.6 Å². The van der Waals surface area contributed by atoms with E-state index in [9.17, 15) is 9.90 Å². The minimum Gasteiger partial charge on any atom is -0.508 e. The monoisotopic (exact) mass is 344 g/mol. The molecule has 118 valence electrons. The van der Waals surface area contributed by atoms with Crippen molar-refractivity contribution in [2.75, 3.05) is 7.05 Å². The Morgan fingerprint density at radius 1 is 1.26 bits per heavy atom. The topological polar surface area (TPSA) is 53.4 Å². The molecule has 1 amide bonds. The Morgan fingerprint density at radius 3 is 2.65 bits per heavy atom. The quantitative estimate of drug-likeness (QED) is 0.773. The first-order chi connectivity index (χ1) is 11.0. The number of rotatable bonds is 4. The second-order valence-corrected chi connectivity index (χ2v) is 7.05. The zero-order valence-electron chi connectivity index (χ0n) is 12.8. The molecule has 23 heavy (non-hydrogen) atoms. The molecule has 6 heteroatoms. The van der Waals surface area contributed by atoms with E-state index in [1.807, 2.05) is 35.9 Å². The Morgan fingerprint density at radius 2 is 2.00 bits per heavy atom. The summed E-state index contributed by atoms with van der Waals surface area (Å²) in [4.78, 5) is 19.5. The smallest absolute Gasteiger partial charge is 0.265 e. The highest BCUT2D eigenvalue weighted by Gasteiger charge is 2.20. The van der Waals surface area contributed by atoms with Gasteiger partial charge in [0.25, 0.3) is 5.91 Å². The minimum atomic E-state index is -0.0328. The number of aromatic nitrogens is 1. The molecule has 2 heterocycles. The first kappa shape index (κ1) is 15.7. The number of phenolic OH excluding ortho intramolecular Hbond substituents is 1. The van der Waals surface area contributed by atoms with Gasteiger partial charge in [-0.05, 0) is 36.1 Å². The van der Waals surface area contributed by atoms with E-state index < -0.39 is 0 Å². The number of hydrogen-bond donors (Lipinski definition) is 1. The number of aromatic hydroxyl groups is 1. The molecule has 0 atom stereocenters. The third-order valence-corrected chi connectivity index (χ3v) is 5.34. The lowest BCUT2D eigenvalue weighted by Gasteiger charge is -2.16. The third kappa shape index (κ3) is 3.43. The number of nitrogens with zero attached hydrogens (tertiary/aromatic N) is 2. The van der Waals surface area contributed by atoms with Gasteiger partial charge < -0.3 is 10.0 Å². The summed E-state index contributed by atoms with van der Waals surface area (Å²) in [5.41, 5.74) is 2.79. The van der Waals surface area contributed by atoms with Crippen molar-refractivity contribution in [3.05, 3.63) is 57.2 Å². The fourth-order valence-corrected chi connectivity index (χ4v) is 4.00. The van der Waals surface area contributed by atoms with E-state index in [0.717, 1.165) is 21.8 Å². The van der Waals surface area contributed by atoms with Gasteiger partial charge in [0, 0.05) is 24.5 Å². The molecule has 3 aromatic rings. The van der Waals surface area contributed by atoms with E-state index in [2.05, 4.69) is 4.98 Å². The molecule has 4 nitrogen and oxygen atoms in total. The van der Waals surface area contributed by atoms with Crippen LogP contribution in [0.15, 0.2) is 41.1 Å². The molecule has 0 fully saturated rings. The van der Waals surface area contributed by atoms with Gasteiger partial charge in [-0.2, -0.15) is 11.3 Å². The summed E-state index contributed by atoms with van der Waals surface area (Å²) < 4.78 is 0. The molecule has 0 saturated heterocycles. The van der Waals surface area contributed by atoms with E-state index in [1.165, 1.54) is 11.3 Å². The maximum atomic E-state index is 12.7. The molecule has 0 saturated carbocycles. The molecule has 1 N–H and O–H groups in total. The molecule has 0 radical (unpaired) electrons. The summed E-state index contributed by atoms with van der Waals surface area (Å²) >= 11 is 3.05. The zero-order chi connectivity index (χ0) is 16.4. The van der Waals surface area contributed by atoms with Gasteiger partial charge >= 0.3 is 0 Å². The number of phenols is 1. The molecule has 1 aromatic carbocycles. The molecule has 0 spiro atoms. The SMILES string of the molecule is Cc1nc(-c2ccsc2)sc1C(=O)N(C)Cc1ccc(O)cc1. The zero-order valence-corrected chi connectivity index (χ0v) is 14.4. The lowest BCUT2D eigenvalue weighted by Crippen LogP contribution is -2.26. The Kier molecular flexibility index (Phi) is 4.45. The Bertz CT molecular complexity index is 808. The Balaban J connectivity index is 1.78. The number of benzene rings is 1. The molecular weight excluding hydrogens is 328 g/mol. The molecule has 0 unspecified atom stereocenters. The summed E-state index contributed by atoms with van der Waals surface area (Å²) in [6.07, 6.45) is 0. The van der Waals surface area contributed by atoms with E-state index in [-0.39, 0.29) is 11.7 Å². The van der Waals surface area contributed by atoms with Crippen molar-refractivity contribution in [3.63, 3.8) is 0 Å². The van der Waals surface area contributed by atoms with Crippen LogP contribution in [0.3, 0.4) is 0 Å². The number of carbonyl (C=O) groups excluding carboxylic acids is 1. The second-order valence-electron chi connectivity index (χ2n) is 5.27. The van der Waals surface area contributed by atoms with Crippen molar-refractivity contribution in [2.24, 2.45) is 0 Å². The maximum absolute atomic E-state index is 12.7. The minimum absolute atomic E-state index is 0.0328. The predicted molar refractivity (Wildman–Crippen MR) is 94.1 cm³/mol. The van der Waals surface area contributed by atoms with Crippen LogP contribution < -0.4 is 0 Å². The molecule has 0 aliphatic heterocycles. The summed E-state index contributed by atoms with van der Waals surface area (Å²) in [6, 6.07) is 8.89. The average molecular weight is 344 g/mol. The van der Waals surface area contributed by atoms with Crippen molar-refractivity contribution in [1.82, 2.24) is 9.88 Å². The molecule has 2 aromatic heterocycles. The van der Waals surface area contributed by atoms with Gasteiger partial charge in [-0.15, -0.1) is 11.3 Å². The van der Waals surface area contributed by atoms with Crippen LogP contribution in [0, 0.1) is 6.92 Å². The number of hydrogen-bond acceptors (Lipinski definition) is 5. The summed E-state index contributed by atoms with van der Waals surface area (Å²) in [5, 5.41) is 14.2. The van der Waals surface area contributed by atoms with Crippen LogP contribution >= 0.6 is 22.7 Å². The van der Waals surface area contributed by atoms with Crippen LogP contribution in [0.25, 0.3) is 10.6 Å². The van der Waals surface area contributed by atoms with E-state index in [4.69, 9.17) is 0 Å². The van der Waals surface area contributed by atoms with Gasteiger partial charge in [-0.3, -0.25) is 4.79 Å². The summed E-state index contributed by atoms with van der Waals surface area (Å²) in [7, 11) is 1.78. The van der Waals surface area contributed by atoms with Gasteiger partial charge in [-0.1, -0.05) is 12.1 Å². The van der Waals surface area contributed by atoms with Crippen LogP contribution in [0.4, 0.5) is 0 Å². The highest BCUT2D eigenvalue weighted by Crippen LogP contribution is 2.30. The van der Waals surface area contributed by atoms with E-state index in [0.29, 0.717) is 11.4 Å². The number of amides is 1. The normalized spacial score (nSPS) is 10.7. The van der Waals surface area contributed by atoms with Crippen LogP contribution in [-0.4, -0.2) is 27.9 Å². The number of thiophene rings is 1. The van der Waals surface area contributed by atoms with Crippen LogP contribution in [-0.2, 0) is 6.54 Å². The van der Waals surface area contributed by atoms with Crippen molar-refractivity contribution in [3.8, 4) is 16.3 Å². The Labute approximate surface area is 142 Å². The van der Waals surface area contributed by atoms with Gasteiger partial charge in [0.1, 0.15) is 15.6 Å². The molecular formula is C17H16N2O2S2. The van der Waals surface area contributed by atoms with Crippen LogP contribution in [0.5, 0.6) is 5.75 Å². The first-order valence-electron chi connectivity index (χ1n) is 7.08. The molecule has 0 aliphatic carbocycles. The van der Waals surface area contributed by atoms with Crippen LogP contribution in [0.2, 0.25) is 0 Å². The maximum Gasteiger partial charge on any atom is 0.265 e. The summed E-state index contributed by atoms with van der Waals surface area (Å²) in [5.74, 6) is 0.191. The van der Waals surface area contributed by atoms with Gasteiger partial charge in [0.05, 0.1) is 5.69 Å². The largest absolute Gasteiger partial charge is 0.508 e. The van der Waals surface area contributed by atoms with Gasteiger partial charge in [0.2, 0.25) is 0 Å².